The molecule has 30 heavy (non-hydrogen) atoms. The molecule has 6 heterocycles. The van der Waals surface area contributed by atoms with Crippen molar-refractivity contribution in [3.8, 4) is 33.8 Å². The fraction of sp³-hybridized carbons (Fsp3) is 0. The Bertz CT molecular complexity index is 1480. The molecular formula is C23H15N7. The van der Waals surface area contributed by atoms with Crippen LogP contribution in [0.3, 0.4) is 0 Å². The summed E-state index contributed by atoms with van der Waals surface area (Å²) in [6.45, 7) is 0. The zero-order chi connectivity index (χ0) is 19.9. The number of hydrogen-bond donors (Lipinski definition) is 2. The van der Waals surface area contributed by atoms with Crippen LogP contribution < -0.4 is 0 Å². The van der Waals surface area contributed by atoms with Gasteiger partial charge in [-0.3, -0.25) is 20.1 Å². The molecule has 0 fully saturated rings. The molecule has 0 unspecified atom stereocenters. The van der Waals surface area contributed by atoms with Gasteiger partial charge in [0, 0.05) is 58.4 Å². The molecule has 0 radical (unpaired) electrons. The van der Waals surface area contributed by atoms with Crippen molar-refractivity contribution < 1.29 is 0 Å². The summed E-state index contributed by atoms with van der Waals surface area (Å²) in [5.74, 6) is 0. The number of hydrogen-bond acceptors (Lipinski definition) is 5. The monoisotopic (exact) mass is 389 g/mol. The van der Waals surface area contributed by atoms with Crippen LogP contribution in [0, 0.1) is 0 Å². The van der Waals surface area contributed by atoms with Crippen LogP contribution in [-0.2, 0) is 0 Å². The zero-order valence-corrected chi connectivity index (χ0v) is 15.7. The van der Waals surface area contributed by atoms with Crippen LogP contribution >= 0.6 is 0 Å². The maximum Gasteiger partial charge on any atom is 0.155 e. The highest BCUT2D eigenvalue weighted by molar-refractivity contribution is 6.00. The lowest BCUT2D eigenvalue weighted by atomic mass is 10.1. The Kier molecular flexibility index (Phi) is 3.64. The van der Waals surface area contributed by atoms with Gasteiger partial charge in [-0.2, -0.15) is 5.10 Å². The van der Waals surface area contributed by atoms with E-state index in [4.69, 9.17) is 0 Å². The Labute approximate surface area is 170 Å². The van der Waals surface area contributed by atoms with Gasteiger partial charge in [0.25, 0.3) is 0 Å². The van der Waals surface area contributed by atoms with E-state index in [2.05, 4.69) is 47.2 Å². The predicted molar refractivity (Wildman–Crippen MR) is 115 cm³/mol. The van der Waals surface area contributed by atoms with Crippen LogP contribution in [0.15, 0.2) is 79.6 Å². The molecule has 6 aromatic heterocycles. The lowest BCUT2D eigenvalue weighted by molar-refractivity contribution is 1.10. The van der Waals surface area contributed by atoms with Crippen LogP contribution in [0.5, 0.6) is 0 Å². The van der Waals surface area contributed by atoms with E-state index in [1.54, 1.807) is 12.4 Å². The highest BCUT2D eigenvalue weighted by Crippen LogP contribution is 2.33. The molecule has 142 valence electrons. The Hall–Kier alpha value is -4.39. The van der Waals surface area contributed by atoms with Crippen molar-refractivity contribution in [2.24, 2.45) is 0 Å². The summed E-state index contributed by atoms with van der Waals surface area (Å²) in [5.41, 5.74) is 7.24. The third kappa shape index (κ3) is 2.64. The Morgan fingerprint density at radius 2 is 1.73 bits per heavy atom. The van der Waals surface area contributed by atoms with E-state index < -0.39 is 0 Å². The molecule has 0 spiro atoms. The molecule has 6 rings (SSSR count). The van der Waals surface area contributed by atoms with Gasteiger partial charge in [0.15, 0.2) is 5.65 Å². The maximum atomic E-state index is 4.53. The number of nitrogens with zero attached hydrogens (tertiary/aromatic N) is 5. The molecule has 0 saturated heterocycles. The van der Waals surface area contributed by atoms with E-state index in [9.17, 15) is 0 Å². The van der Waals surface area contributed by atoms with Crippen molar-refractivity contribution in [3.05, 3.63) is 79.6 Å². The molecule has 7 heteroatoms. The summed E-state index contributed by atoms with van der Waals surface area (Å²) in [4.78, 5) is 21.0. The van der Waals surface area contributed by atoms with Crippen LogP contribution in [0.4, 0.5) is 0 Å². The second kappa shape index (κ2) is 6.59. The standard InChI is InChI=1S/C23H15N7/c1-2-7-26-19(5-1)15-8-17-22(29-30-23(17)27-11-15)20-9-16-18(12-25-13-21(16)28-20)14-4-3-6-24-10-14/h1-13,28H,(H,27,29,30). The topological polar surface area (TPSA) is 96.0 Å². The SMILES string of the molecule is c1ccc(-c2cnc3[nH]nc(-c4cc5c(-c6cccnc6)cncc5[nH]4)c3c2)nc1. The molecule has 0 saturated carbocycles. The number of rotatable bonds is 3. The molecule has 0 bridgehead atoms. The van der Waals surface area contributed by atoms with Gasteiger partial charge in [0.1, 0.15) is 5.69 Å². The molecule has 6 aromatic rings. The first kappa shape index (κ1) is 16.6. The first-order valence-corrected chi connectivity index (χ1v) is 9.50. The van der Waals surface area contributed by atoms with E-state index in [0.717, 1.165) is 55.7 Å². The van der Waals surface area contributed by atoms with Crippen LogP contribution in [-0.4, -0.2) is 35.1 Å². The van der Waals surface area contributed by atoms with Gasteiger partial charge >= 0.3 is 0 Å². The second-order valence-electron chi connectivity index (χ2n) is 6.98. The van der Waals surface area contributed by atoms with Crippen LogP contribution in [0.25, 0.3) is 55.7 Å². The smallest absolute Gasteiger partial charge is 0.155 e. The first-order chi connectivity index (χ1) is 14.9. The van der Waals surface area contributed by atoms with Gasteiger partial charge in [-0.05, 0) is 30.3 Å². The first-order valence-electron chi connectivity index (χ1n) is 9.50. The lowest BCUT2D eigenvalue weighted by Gasteiger charge is -2.01. The van der Waals surface area contributed by atoms with Gasteiger partial charge in [-0.1, -0.05) is 12.1 Å². The molecule has 0 aliphatic rings. The Balaban J connectivity index is 1.52. The minimum atomic E-state index is 0.731. The van der Waals surface area contributed by atoms with Crippen LogP contribution in [0.2, 0.25) is 0 Å². The van der Waals surface area contributed by atoms with Crippen molar-refractivity contribution in [1.29, 1.82) is 0 Å². The molecule has 0 aliphatic heterocycles. The molecule has 0 atom stereocenters. The van der Waals surface area contributed by atoms with Gasteiger partial charge in [0.2, 0.25) is 0 Å². The Morgan fingerprint density at radius 3 is 2.60 bits per heavy atom. The highest BCUT2D eigenvalue weighted by Gasteiger charge is 2.15. The molecule has 2 N–H and O–H groups in total. The molecule has 7 nitrogen and oxygen atoms in total. The normalized spacial score (nSPS) is 11.3. The van der Waals surface area contributed by atoms with Crippen molar-refractivity contribution in [1.82, 2.24) is 35.1 Å². The zero-order valence-electron chi connectivity index (χ0n) is 15.7. The summed E-state index contributed by atoms with van der Waals surface area (Å²) >= 11 is 0. The van der Waals surface area contributed by atoms with Crippen LogP contribution in [0.1, 0.15) is 0 Å². The Morgan fingerprint density at radius 1 is 0.733 bits per heavy atom. The van der Waals surface area contributed by atoms with Gasteiger partial charge in [-0.15, -0.1) is 0 Å². The molecular weight excluding hydrogens is 374 g/mol. The van der Waals surface area contributed by atoms with E-state index in [0.29, 0.717) is 0 Å². The fourth-order valence-electron chi connectivity index (χ4n) is 3.71. The maximum absolute atomic E-state index is 4.53. The molecule has 0 aliphatic carbocycles. The summed E-state index contributed by atoms with van der Waals surface area (Å²) in [7, 11) is 0. The minimum Gasteiger partial charge on any atom is -0.352 e. The van der Waals surface area contributed by atoms with Crippen molar-refractivity contribution >= 4 is 21.9 Å². The van der Waals surface area contributed by atoms with Crippen molar-refractivity contribution in [3.63, 3.8) is 0 Å². The lowest BCUT2D eigenvalue weighted by Crippen LogP contribution is -1.85. The number of fused-ring (bicyclic) bond motifs is 2. The average Bonchev–Trinajstić information content (AvgIpc) is 3.43. The van der Waals surface area contributed by atoms with Gasteiger partial charge < -0.3 is 4.98 Å². The molecule has 0 aromatic carbocycles. The number of aromatic amines is 2. The van der Waals surface area contributed by atoms with E-state index in [-0.39, 0.29) is 0 Å². The predicted octanol–water partition coefficient (Wildman–Crippen LogP) is 4.63. The van der Waals surface area contributed by atoms with E-state index in [1.807, 2.05) is 55.1 Å². The van der Waals surface area contributed by atoms with Gasteiger partial charge in [0.05, 0.1) is 23.1 Å². The third-order valence-corrected chi connectivity index (χ3v) is 5.15. The quantitative estimate of drug-likeness (QED) is 0.460. The summed E-state index contributed by atoms with van der Waals surface area (Å²) in [6.07, 6.45) is 10.9. The number of aromatic nitrogens is 7. The van der Waals surface area contributed by atoms with Gasteiger partial charge in [-0.25, -0.2) is 4.98 Å². The summed E-state index contributed by atoms with van der Waals surface area (Å²) in [5, 5.41) is 9.55. The fourth-order valence-corrected chi connectivity index (χ4v) is 3.71. The largest absolute Gasteiger partial charge is 0.352 e. The average molecular weight is 389 g/mol. The number of H-pyrrole nitrogens is 2. The summed E-state index contributed by atoms with van der Waals surface area (Å²) in [6, 6.07) is 14.0. The van der Waals surface area contributed by atoms with E-state index >= 15 is 0 Å². The molecule has 0 amide bonds. The number of pyridine rings is 4. The van der Waals surface area contributed by atoms with Crippen molar-refractivity contribution in [2.75, 3.05) is 0 Å². The van der Waals surface area contributed by atoms with Crippen molar-refractivity contribution in [2.45, 2.75) is 0 Å². The van der Waals surface area contributed by atoms with E-state index in [1.165, 1.54) is 0 Å². The minimum absolute atomic E-state index is 0.731. The second-order valence-corrected chi connectivity index (χ2v) is 6.98. The highest BCUT2D eigenvalue weighted by atomic mass is 15.2. The number of nitrogens with one attached hydrogen (secondary N) is 2. The summed E-state index contributed by atoms with van der Waals surface area (Å²) < 4.78 is 0. The third-order valence-electron chi connectivity index (χ3n) is 5.15.